The molecule has 9 rings (SSSR count). The third kappa shape index (κ3) is 2.45. The number of benzene rings is 1. The monoisotopic (exact) mass is 368 g/mol. The van der Waals surface area contributed by atoms with Crippen LogP contribution in [0.15, 0.2) is 18.2 Å². The molecule has 0 radical (unpaired) electrons. The SMILES string of the molecule is [Li+].[O-]c1c(C23CC4CC(CC(C4)C2)C3)cccc1C12CC3CC(CC(C3)C1)C2. The molecule has 8 bridgehead atoms. The van der Waals surface area contributed by atoms with Gasteiger partial charge in [0.05, 0.1) is 0 Å². The first kappa shape index (κ1) is 18.4. The van der Waals surface area contributed by atoms with Crippen LogP contribution in [0.2, 0.25) is 0 Å². The van der Waals surface area contributed by atoms with Gasteiger partial charge in [0.2, 0.25) is 0 Å². The van der Waals surface area contributed by atoms with Crippen molar-refractivity contribution in [3.05, 3.63) is 29.3 Å². The average molecular weight is 368 g/mol. The summed E-state index contributed by atoms with van der Waals surface area (Å²) in [6.45, 7) is 0. The molecule has 2 heteroatoms. The van der Waals surface area contributed by atoms with Crippen molar-refractivity contribution in [2.24, 2.45) is 35.5 Å². The van der Waals surface area contributed by atoms with Crippen LogP contribution >= 0.6 is 0 Å². The van der Waals surface area contributed by atoms with Crippen molar-refractivity contribution in [1.29, 1.82) is 0 Å². The molecular weight excluding hydrogens is 335 g/mol. The average Bonchev–Trinajstić information content (AvgIpc) is 2.59. The van der Waals surface area contributed by atoms with Gasteiger partial charge in [-0.1, -0.05) is 18.2 Å². The summed E-state index contributed by atoms with van der Waals surface area (Å²) in [5.74, 6) is 5.99. The summed E-state index contributed by atoms with van der Waals surface area (Å²) in [4.78, 5) is 0. The Balaban J connectivity index is 0.00000156. The Hall–Kier alpha value is -0.383. The number of hydrogen-bond acceptors (Lipinski definition) is 1. The smallest absolute Gasteiger partial charge is 0.872 e. The van der Waals surface area contributed by atoms with Crippen LogP contribution in [0.3, 0.4) is 0 Å². The second kappa shape index (κ2) is 6.08. The molecule has 0 unspecified atom stereocenters. The van der Waals surface area contributed by atoms with Crippen molar-refractivity contribution in [3.63, 3.8) is 0 Å². The van der Waals surface area contributed by atoms with E-state index in [4.69, 9.17) is 0 Å². The van der Waals surface area contributed by atoms with Crippen molar-refractivity contribution < 1.29 is 24.0 Å². The van der Waals surface area contributed by atoms with Gasteiger partial charge in [-0.3, -0.25) is 0 Å². The van der Waals surface area contributed by atoms with E-state index in [1.54, 1.807) is 0 Å². The van der Waals surface area contributed by atoms with Crippen LogP contribution in [0.4, 0.5) is 0 Å². The summed E-state index contributed by atoms with van der Waals surface area (Å²) in [6, 6.07) is 6.81. The fourth-order valence-electron chi connectivity index (χ4n) is 10.3. The summed E-state index contributed by atoms with van der Waals surface area (Å²) in [6.07, 6.45) is 16.7. The van der Waals surface area contributed by atoms with Crippen LogP contribution in [0, 0.1) is 35.5 Å². The largest absolute Gasteiger partial charge is 1.00 e. The molecule has 28 heavy (non-hydrogen) atoms. The number of para-hydroxylation sites is 1. The zero-order valence-corrected chi connectivity index (χ0v) is 17.6. The Morgan fingerprint density at radius 3 is 1.14 bits per heavy atom. The Morgan fingerprint density at radius 2 is 0.857 bits per heavy atom. The fraction of sp³-hybridized carbons (Fsp3) is 0.769. The topological polar surface area (TPSA) is 23.1 Å². The van der Waals surface area contributed by atoms with E-state index in [9.17, 15) is 5.11 Å². The molecular formula is C26H33LiO. The molecule has 144 valence electrons. The van der Waals surface area contributed by atoms with E-state index in [2.05, 4.69) is 18.2 Å². The first-order valence-electron chi connectivity index (χ1n) is 11.9. The van der Waals surface area contributed by atoms with Crippen LogP contribution in [0.1, 0.15) is 88.2 Å². The van der Waals surface area contributed by atoms with E-state index in [-0.39, 0.29) is 29.7 Å². The third-order valence-electron chi connectivity index (χ3n) is 10.2. The quantitative estimate of drug-likeness (QED) is 0.736. The minimum Gasteiger partial charge on any atom is -0.872 e. The van der Waals surface area contributed by atoms with Gasteiger partial charge in [-0.15, -0.1) is 5.75 Å². The molecule has 8 aliphatic rings. The molecule has 1 aromatic rings. The van der Waals surface area contributed by atoms with Crippen molar-refractivity contribution in [2.45, 2.75) is 87.9 Å². The van der Waals surface area contributed by atoms with E-state index >= 15 is 0 Å². The zero-order valence-electron chi connectivity index (χ0n) is 17.6. The fourth-order valence-corrected chi connectivity index (χ4v) is 10.3. The van der Waals surface area contributed by atoms with Gasteiger partial charge in [-0.2, -0.15) is 0 Å². The van der Waals surface area contributed by atoms with Crippen LogP contribution in [-0.4, -0.2) is 0 Å². The molecule has 0 spiro atoms. The maximum absolute atomic E-state index is 14.0. The van der Waals surface area contributed by atoms with Crippen LogP contribution < -0.4 is 24.0 Å². The molecule has 1 aromatic carbocycles. The molecule has 0 N–H and O–H groups in total. The predicted octanol–water partition coefficient (Wildman–Crippen LogP) is 2.70. The molecule has 0 aromatic heterocycles. The minimum atomic E-state index is 0. The predicted molar refractivity (Wildman–Crippen MR) is 106 cm³/mol. The normalized spacial score (nSPS) is 50.0. The summed E-state index contributed by atoms with van der Waals surface area (Å²) in [7, 11) is 0. The van der Waals surface area contributed by atoms with Gasteiger partial charge in [-0.05, 0) is 135 Å². The summed E-state index contributed by atoms with van der Waals surface area (Å²) in [5.41, 5.74) is 3.03. The Bertz CT molecular complexity index is 663. The third-order valence-corrected chi connectivity index (χ3v) is 10.2. The molecule has 8 aliphatic carbocycles. The molecule has 0 heterocycles. The van der Waals surface area contributed by atoms with Gasteiger partial charge in [0.15, 0.2) is 0 Å². The Labute approximate surface area is 182 Å². The maximum atomic E-state index is 14.0. The van der Waals surface area contributed by atoms with Crippen molar-refractivity contribution in [2.75, 3.05) is 0 Å². The van der Waals surface area contributed by atoms with Crippen molar-refractivity contribution in [3.8, 4) is 5.75 Å². The summed E-state index contributed by atoms with van der Waals surface area (Å²) >= 11 is 0. The van der Waals surface area contributed by atoms with Crippen molar-refractivity contribution >= 4 is 0 Å². The Morgan fingerprint density at radius 1 is 0.571 bits per heavy atom. The second-order valence-corrected chi connectivity index (χ2v) is 12.1. The van der Waals surface area contributed by atoms with E-state index in [0.717, 1.165) is 35.5 Å². The van der Waals surface area contributed by atoms with Gasteiger partial charge >= 0.3 is 18.9 Å². The van der Waals surface area contributed by atoms with Crippen molar-refractivity contribution in [1.82, 2.24) is 0 Å². The van der Waals surface area contributed by atoms with E-state index in [1.165, 1.54) is 88.2 Å². The molecule has 0 amide bonds. The summed E-state index contributed by atoms with van der Waals surface area (Å²) in [5, 5.41) is 14.0. The molecule has 1 nitrogen and oxygen atoms in total. The van der Waals surface area contributed by atoms with Gasteiger partial charge < -0.3 is 5.11 Å². The first-order chi connectivity index (χ1) is 13.1. The molecule has 0 saturated heterocycles. The zero-order chi connectivity index (χ0) is 17.8. The van der Waals surface area contributed by atoms with E-state index in [0.29, 0.717) is 5.75 Å². The van der Waals surface area contributed by atoms with E-state index in [1.807, 2.05) is 0 Å². The van der Waals surface area contributed by atoms with E-state index < -0.39 is 0 Å². The standard InChI is InChI=1S/C26H34O.Li/c27-24-22(25-10-16-4-17(11-25)6-18(5-16)12-25)2-1-3-23(24)26-13-19-7-20(14-26)9-21(8-19)15-26;/h1-3,16-21,27H,4-15H2;/q;+1/p-1. The number of rotatable bonds is 2. The van der Waals surface area contributed by atoms with Gasteiger partial charge in [0.1, 0.15) is 0 Å². The second-order valence-electron chi connectivity index (χ2n) is 12.1. The van der Waals surface area contributed by atoms with Crippen LogP contribution in [-0.2, 0) is 10.8 Å². The summed E-state index contributed by atoms with van der Waals surface area (Å²) < 4.78 is 0. The van der Waals surface area contributed by atoms with Crippen LogP contribution in [0.25, 0.3) is 0 Å². The van der Waals surface area contributed by atoms with Gasteiger partial charge in [-0.25, -0.2) is 0 Å². The van der Waals surface area contributed by atoms with Gasteiger partial charge in [0.25, 0.3) is 0 Å². The maximum Gasteiger partial charge on any atom is 1.00 e. The molecule has 8 saturated carbocycles. The minimum absolute atomic E-state index is 0. The molecule has 8 fully saturated rings. The molecule has 0 aliphatic heterocycles. The first-order valence-corrected chi connectivity index (χ1v) is 11.9. The molecule has 0 atom stereocenters. The Kier molecular flexibility index (Phi) is 3.99. The van der Waals surface area contributed by atoms with Crippen LogP contribution in [0.5, 0.6) is 5.75 Å². The number of hydrogen-bond donors (Lipinski definition) is 0. The van der Waals surface area contributed by atoms with Gasteiger partial charge in [0, 0.05) is 0 Å².